The van der Waals surface area contributed by atoms with Crippen molar-refractivity contribution in [3.8, 4) is 11.5 Å². The molecule has 0 aliphatic carbocycles. The van der Waals surface area contributed by atoms with Crippen molar-refractivity contribution in [3.63, 3.8) is 0 Å². The van der Waals surface area contributed by atoms with Crippen molar-refractivity contribution in [1.82, 2.24) is 9.78 Å². The molecule has 0 aliphatic heterocycles. The van der Waals surface area contributed by atoms with E-state index in [9.17, 15) is 24.8 Å². The molecule has 0 unspecified atom stereocenters. The van der Waals surface area contributed by atoms with Crippen LogP contribution in [0.3, 0.4) is 0 Å². The van der Waals surface area contributed by atoms with Gasteiger partial charge in [0.05, 0.1) is 22.9 Å². The quantitative estimate of drug-likeness (QED) is 0.467. The summed E-state index contributed by atoms with van der Waals surface area (Å²) in [6, 6.07) is 9.38. The number of aromatic nitrogens is 2. The van der Waals surface area contributed by atoms with E-state index in [1.165, 1.54) is 19.2 Å². The van der Waals surface area contributed by atoms with E-state index in [4.69, 9.17) is 4.74 Å². The summed E-state index contributed by atoms with van der Waals surface area (Å²) >= 11 is 0. The molecular weight excluding hydrogens is 392 g/mol. The van der Waals surface area contributed by atoms with Crippen molar-refractivity contribution >= 4 is 23.3 Å². The summed E-state index contributed by atoms with van der Waals surface area (Å²) < 4.78 is 6.93. The summed E-state index contributed by atoms with van der Waals surface area (Å²) in [5.74, 6) is -1.42. The maximum Gasteiger partial charge on any atom is 0.339 e. The number of anilines is 1. The predicted octanol–water partition coefficient (Wildman–Crippen LogP) is 3.69. The summed E-state index contributed by atoms with van der Waals surface area (Å²) in [5, 5.41) is 26.8. The number of benzene rings is 2. The van der Waals surface area contributed by atoms with Crippen LogP contribution >= 0.6 is 0 Å². The fourth-order valence-corrected chi connectivity index (χ4v) is 2.82. The molecule has 0 spiro atoms. The molecule has 0 radical (unpaired) electrons. The number of non-ortho nitro benzene ring substituents is 1. The molecule has 0 fully saturated rings. The normalized spacial score (nSPS) is 10.5. The van der Waals surface area contributed by atoms with Crippen LogP contribution in [-0.4, -0.2) is 31.7 Å². The van der Waals surface area contributed by atoms with E-state index in [2.05, 4.69) is 10.4 Å². The molecule has 2 aromatic carbocycles. The minimum Gasteiger partial charge on any atom is -0.478 e. The minimum atomic E-state index is -1.31. The van der Waals surface area contributed by atoms with Crippen LogP contribution in [0, 0.1) is 24.0 Å². The highest BCUT2D eigenvalue weighted by atomic mass is 16.6. The SMILES string of the molecule is Cc1ccc(C)c(Oc2cc(NC(=O)c3c(C(=O)O)cnn3C)cc([N+](=O)[O-])c2)c1. The highest BCUT2D eigenvalue weighted by Crippen LogP contribution is 2.32. The van der Waals surface area contributed by atoms with Crippen LogP contribution in [0.2, 0.25) is 0 Å². The smallest absolute Gasteiger partial charge is 0.339 e. The van der Waals surface area contributed by atoms with Crippen LogP contribution in [0.1, 0.15) is 32.0 Å². The molecule has 0 saturated carbocycles. The Morgan fingerprint density at radius 3 is 2.60 bits per heavy atom. The number of carbonyl (C=O) groups excluding carboxylic acids is 1. The van der Waals surface area contributed by atoms with Crippen LogP contribution in [0.15, 0.2) is 42.6 Å². The first-order valence-electron chi connectivity index (χ1n) is 8.77. The van der Waals surface area contributed by atoms with Crippen molar-refractivity contribution < 1.29 is 24.4 Å². The summed E-state index contributed by atoms with van der Waals surface area (Å²) in [6.45, 7) is 3.73. The van der Waals surface area contributed by atoms with E-state index in [1.807, 2.05) is 26.0 Å². The van der Waals surface area contributed by atoms with E-state index in [1.54, 1.807) is 6.07 Å². The van der Waals surface area contributed by atoms with Gasteiger partial charge in [0.25, 0.3) is 11.6 Å². The molecule has 3 aromatic rings. The van der Waals surface area contributed by atoms with Crippen LogP contribution in [-0.2, 0) is 7.05 Å². The number of aromatic carboxylic acids is 1. The second-order valence-corrected chi connectivity index (χ2v) is 6.63. The van der Waals surface area contributed by atoms with Gasteiger partial charge in [-0.1, -0.05) is 12.1 Å². The van der Waals surface area contributed by atoms with Gasteiger partial charge in [0.15, 0.2) is 0 Å². The minimum absolute atomic E-state index is 0.0760. The number of carbonyl (C=O) groups is 2. The Kier molecular flexibility index (Phi) is 5.50. The number of aryl methyl sites for hydroxylation is 3. The van der Waals surface area contributed by atoms with Gasteiger partial charge < -0.3 is 15.2 Å². The van der Waals surface area contributed by atoms with Crippen LogP contribution in [0.5, 0.6) is 11.5 Å². The number of carboxylic acids is 1. The fourth-order valence-electron chi connectivity index (χ4n) is 2.82. The first-order valence-corrected chi connectivity index (χ1v) is 8.77. The van der Waals surface area contributed by atoms with Gasteiger partial charge in [0.2, 0.25) is 0 Å². The number of nitrogens with zero attached hydrogens (tertiary/aromatic N) is 3. The zero-order valence-corrected chi connectivity index (χ0v) is 16.4. The first-order chi connectivity index (χ1) is 14.2. The summed E-state index contributed by atoms with van der Waals surface area (Å²) in [7, 11) is 1.42. The van der Waals surface area contributed by atoms with Crippen LogP contribution in [0.4, 0.5) is 11.4 Å². The number of hydrogen-bond donors (Lipinski definition) is 2. The van der Waals surface area contributed by atoms with E-state index in [0.717, 1.165) is 28.1 Å². The topological polar surface area (TPSA) is 137 Å². The molecule has 3 rings (SSSR count). The molecular formula is C20H18N4O6. The number of nitrogens with one attached hydrogen (secondary N) is 1. The number of hydrogen-bond acceptors (Lipinski definition) is 6. The summed E-state index contributed by atoms with van der Waals surface area (Å²) in [5.41, 5.74) is 1.09. The van der Waals surface area contributed by atoms with Gasteiger partial charge in [-0.3, -0.25) is 19.6 Å². The van der Waals surface area contributed by atoms with Gasteiger partial charge in [-0.25, -0.2) is 4.79 Å². The van der Waals surface area contributed by atoms with E-state index >= 15 is 0 Å². The van der Waals surface area contributed by atoms with Gasteiger partial charge in [-0.2, -0.15) is 5.10 Å². The first kappa shape index (κ1) is 20.5. The van der Waals surface area contributed by atoms with Gasteiger partial charge >= 0.3 is 5.97 Å². The fraction of sp³-hybridized carbons (Fsp3) is 0.150. The van der Waals surface area contributed by atoms with Crippen molar-refractivity contribution in [2.24, 2.45) is 7.05 Å². The van der Waals surface area contributed by atoms with E-state index in [-0.39, 0.29) is 28.4 Å². The Bertz CT molecular complexity index is 1170. The third-order valence-corrected chi connectivity index (χ3v) is 4.32. The zero-order chi connectivity index (χ0) is 22.0. The highest BCUT2D eigenvalue weighted by Gasteiger charge is 2.23. The predicted molar refractivity (Wildman–Crippen MR) is 107 cm³/mol. The molecule has 1 aromatic heterocycles. The standard InChI is InChI=1S/C20H18N4O6/c1-11-4-5-12(2)17(6-11)30-15-8-13(7-14(9-15)24(28)29)22-19(25)18-16(20(26)27)10-21-23(18)3/h4-10H,1-3H3,(H,22,25)(H,26,27). The monoisotopic (exact) mass is 410 g/mol. The lowest BCUT2D eigenvalue weighted by molar-refractivity contribution is -0.384. The van der Waals surface area contributed by atoms with Crippen molar-refractivity contribution in [1.29, 1.82) is 0 Å². The second-order valence-electron chi connectivity index (χ2n) is 6.63. The lowest BCUT2D eigenvalue weighted by Gasteiger charge is -2.12. The van der Waals surface area contributed by atoms with Gasteiger partial charge in [0, 0.05) is 19.2 Å². The number of rotatable bonds is 6. The van der Waals surface area contributed by atoms with Crippen molar-refractivity contribution in [2.45, 2.75) is 13.8 Å². The van der Waals surface area contributed by atoms with Gasteiger partial charge in [-0.15, -0.1) is 0 Å². The molecule has 10 nitrogen and oxygen atoms in total. The van der Waals surface area contributed by atoms with E-state index in [0.29, 0.717) is 5.75 Å². The Balaban J connectivity index is 1.96. The third kappa shape index (κ3) is 4.27. The Morgan fingerprint density at radius 1 is 1.20 bits per heavy atom. The van der Waals surface area contributed by atoms with Crippen LogP contribution < -0.4 is 10.1 Å². The molecule has 1 amide bonds. The van der Waals surface area contributed by atoms with Crippen molar-refractivity contribution in [3.05, 3.63) is 75.1 Å². The van der Waals surface area contributed by atoms with Gasteiger partial charge in [-0.05, 0) is 31.0 Å². The maximum absolute atomic E-state index is 12.6. The summed E-state index contributed by atoms with van der Waals surface area (Å²) in [4.78, 5) is 34.7. The second kappa shape index (κ2) is 8.03. The zero-order valence-electron chi connectivity index (χ0n) is 16.4. The average Bonchev–Trinajstić information content (AvgIpc) is 3.06. The lowest BCUT2D eigenvalue weighted by Crippen LogP contribution is -2.19. The molecule has 154 valence electrons. The number of nitro groups is 1. The molecule has 2 N–H and O–H groups in total. The van der Waals surface area contributed by atoms with Gasteiger partial charge in [0.1, 0.15) is 22.8 Å². The van der Waals surface area contributed by atoms with E-state index < -0.39 is 16.8 Å². The molecule has 1 heterocycles. The third-order valence-electron chi connectivity index (χ3n) is 4.32. The summed E-state index contributed by atoms with van der Waals surface area (Å²) in [6.07, 6.45) is 1.06. The molecule has 30 heavy (non-hydrogen) atoms. The van der Waals surface area contributed by atoms with Crippen molar-refractivity contribution in [2.75, 3.05) is 5.32 Å². The Hall–Kier alpha value is -4.21. The highest BCUT2D eigenvalue weighted by molar-refractivity contribution is 6.09. The molecule has 10 heteroatoms. The molecule has 0 atom stereocenters. The van der Waals surface area contributed by atoms with Crippen LogP contribution in [0.25, 0.3) is 0 Å². The number of nitro benzene ring substituents is 1. The molecule has 0 bridgehead atoms. The number of carboxylic acid groups (broad SMARTS) is 1. The Labute approximate surface area is 170 Å². The Morgan fingerprint density at radius 2 is 1.93 bits per heavy atom. The largest absolute Gasteiger partial charge is 0.478 e. The molecule has 0 aliphatic rings. The lowest BCUT2D eigenvalue weighted by atomic mass is 10.1. The number of amides is 1. The average molecular weight is 410 g/mol. The number of ether oxygens (including phenoxy) is 1. The maximum atomic E-state index is 12.6. The molecule has 0 saturated heterocycles.